The normalized spacial score (nSPS) is 13.1. The van der Waals surface area contributed by atoms with Crippen LogP contribution in [0.5, 0.6) is 5.75 Å². The maximum Gasteiger partial charge on any atom is 0.573 e. The molecule has 0 aliphatic heterocycles. The quantitative estimate of drug-likeness (QED) is 0.232. The van der Waals surface area contributed by atoms with E-state index in [1.165, 1.54) is 18.2 Å². The van der Waals surface area contributed by atoms with Gasteiger partial charge < -0.3 is 4.74 Å². The first kappa shape index (κ1) is 27.6. The first-order valence-electron chi connectivity index (χ1n) is 9.11. The smallest absolute Gasteiger partial charge is 0.403 e. The molecule has 2 aromatic carbocycles. The highest BCUT2D eigenvalue weighted by atomic mass is 35.5. The minimum atomic E-state index is -6.62. The van der Waals surface area contributed by atoms with Gasteiger partial charge in [-0.3, -0.25) is 4.79 Å². The molecule has 0 aliphatic rings. The summed E-state index contributed by atoms with van der Waals surface area (Å²) in [6.45, 7) is 0. The van der Waals surface area contributed by atoms with E-state index in [0.29, 0.717) is 11.0 Å². The highest BCUT2D eigenvalue weighted by Gasteiger charge is 2.73. The predicted molar refractivity (Wildman–Crippen MR) is 106 cm³/mol. The van der Waals surface area contributed by atoms with Crippen molar-refractivity contribution in [3.63, 3.8) is 0 Å². The van der Waals surface area contributed by atoms with Crippen molar-refractivity contribution in [2.24, 2.45) is 0 Å². The minimum Gasteiger partial charge on any atom is -0.403 e. The lowest BCUT2D eigenvalue weighted by Gasteiger charge is -2.31. The molecule has 3 aromatic rings. The zero-order chi connectivity index (χ0) is 27.3. The van der Waals surface area contributed by atoms with E-state index in [4.69, 9.17) is 23.2 Å². The summed E-state index contributed by atoms with van der Waals surface area (Å²) in [7, 11) is 0. The number of ether oxygens (including phenoxy) is 1. The molecule has 36 heavy (non-hydrogen) atoms. The average molecular weight is 569 g/mol. The Bertz CT molecular complexity index is 1290. The second kappa shape index (κ2) is 9.14. The van der Waals surface area contributed by atoms with E-state index < -0.39 is 52.5 Å². The summed E-state index contributed by atoms with van der Waals surface area (Å²) in [5.41, 5.74) is -8.90. The number of benzene rings is 2. The van der Waals surface area contributed by atoms with Gasteiger partial charge >= 0.3 is 24.4 Å². The van der Waals surface area contributed by atoms with Crippen molar-refractivity contribution >= 4 is 29.5 Å². The Hall–Kier alpha value is -3.00. The van der Waals surface area contributed by atoms with Gasteiger partial charge in [0.2, 0.25) is 0 Å². The van der Waals surface area contributed by atoms with Crippen LogP contribution in [0, 0.1) is 0 Å². The number of hydrogen-bond donors (Lipinski definition) is 0. The molecule has 0 bridgehead atoms. The van der Waals surface area contributed by atoms with E-state index in [-0.39, 0.29) is 27.8 Å². The molecule has 4 nitrogen and oxygen atoms in total. The van der Waals surface area contributed by atoms with Crippen molar-refractivity contribution in [1.29, 1.82) is 0 Å². The molecule has 194 valence electrons. The van der Waals surface area contributed by atoms with Crippen LogP contribution in [0.3, 0.4) is 0 Å². The number of halogens is 12. The molecule has 0 N–H and O–H groups in total. The molecule has 0 unspecified atom stereocenters. The topological polar surface area (TPSA) is 44.1 Å². The Kier molecular flexibility index (Phi) is 7.00. The van der Waals surface area contributed by atoms with E-state index in [1.54, 1.807) is 0 Å². The van der Waals surface area contributed by atoms with Crippen LogP contribution in [0.15, 0.2) is 42.7 Å². The number of aromatic nitrogens is 2. The summed E-state index contributed by atoms with van der Waals surface area (Å²) < 4.78 is 136. The van der Waals surface area contributed by atoms with Gasteiger partial charge in [-0.1, -0.05) is 29.3 Å². The molecule has 1 heterocycles. The van der Waals surface area contributed by atoms with Gasteiger partial charge in [0.25, 0.3) is 0 Å². The standard InChI is InChI=1S/C20H8Cl2F10N2O2/c21-13-2-1-9(3-10(13)8-35)11-6-33-34(7-11)16-14(22)4-12(5-15(16)36-20(30,31)32)17(23,18(24,25)26)19(27,28)29/h1-8H. The van der Waals surface area contributed by atoms with E-state index in [0.717, 1.165) is 12.4 Å². The summed E-state index contributed by atoms with van der Waals surface area (Å²) in [6, 6.07) is 3.43. The Morgan fingerprint density at radius 1 is 0.833 bits per heavy atom. The van der Waals surface area contributed by atoms with Gasteiger partial charge in [-0.25, -0.2) is 9.07 Å². The molecule has 0 aliphatic carbocycles. The molecule has 1 aromatic heterocycles. The molecule has 0 amide bonds. The third-order valence-electron chi connectivity index (χ3n) is 4.70. The van der Waals surface area contributed by atoms with Crippen molar-refractivity contribution < 1.29 is 53.4 Å². The Morgan fingerprint density at radius 3 is 1.97 bits per heavy atom. The Labute approximate surface area is 204 Å². The molecule has 0 saturated carbocycles. The molecule has 0 fully saturated rings. The van der Waals surface area contributed by atoms with Crippen molar-refractivity contribution in [3.05, 3.63) is 63.9 Å². The maximum atomic E-state index is 14.5. The predicted octanol–water partition coefficient (Wildman–Crippen LogP) is 7.85. The molecule has 16 heteroatoms. The van der Waals surface area contributed by atoms with Crippen LogP contribution >= 0.6 is 23.2 Å². The van der Waals surface area contributed by atoms with Gasteiger partial charge in [0.15, 0.2) is 12.0 Å². The Balaban J connectivity index is 2.23. The van der Waals surface area contributed by atoms with Crippen molar-refractivity contribution in [2.75, 3.05) is 0 Å². The summed E-state index contributed by atoms with van der Waals surface area (Å²) in [4.78, 5) is 11.1. The van der Waals surface area contributed by atoms with E-state index >= 15 is 0 Å². The number of rotatable bonds is 5. The van der Waals surface area contributed by atoms with Gasteiger partial charge in [-0.2, -0.15) is 31.4 Å². The van der Waals surface area contributed by atoms with Crippen LogP contribution < -0.4 is 4.74 Å². The van der Waals surface area contributed by atoms with Crippen LogP contribution in [-0.4, -0.2) is 34.8 Å². The maximum absolute atomic E-state index is 14.5. The summed E-state index contributed by atoms with van der Waals surface area (Å²) in [5.74, 6) is -1.69. The van der Waals surface area contributed by atoms with Crippen LogP contribution in [0.2, 0.25) is 10.0 Å². The number of hydrogen-bond acceptors (Lipinski definition) is 3. The molecule has 0 saturated heterocycles. The lowest BCUT2D eigenvalue weighted by atomic mass is 9.93. The van der Waals surface area contributed by atoms with Gasteiger partial charge in [0.05, 0.1) is 16.2 Å². The third-order valence-corrected chi connectivity index (χ3v) is 5.33. The first-order chi connectivity index (χ1) is 16.4. The van der Waals surface area contributed by atoms with Crippen molar-refractivity contribution in [3.8, 4) is 22.6 Å². The lowest BCUT2D eigenvalue weighted by Crippen LogP contribution is -2.50. The summed E-state index contributed by atoms with van der Waals surface area (Å²) >= 11 is 11.6. The largest absolute Gasteiger partial charge is 0.573 e. The number of alkyl halides is 10. The number of carbonyl (C=O) groups excluding carboxylic acids is 1. The number of nitrogens with zero attached hydrogens (tertiary/aromatic N) is 2. The first-order valence-corrected chi connectivity index (χ1v) is 9.87. The summed E-state index contributed by atoms with van der Waals surface area (Å²) in [5, 5.41) is 2.60. The molecule has 0 spiro atoms. The third kappa shape index (κ3) is 5.09. The molecule has 0 radical (unpaired) electrons. The zero-order valence-electron chi connectivity index (χ0n) is 16.9. The fraction of sp³-hybridized carbons (Fsp3) is 0.200. The second-order valence-electron chi connectivity index (χ2n) is 7.03. The fourth-order valence-corrected chi connectivity index (χ4v) is 3.55. The molecule has 3 rings (SSSR count). The summed E-state index contributed by atoms with van der Waals surface area (Å²) in [6.07, 6.45) is -16.4. The second-order valence-corrected chi connectivity index (χ2v) is 7.85. The Morgan fingerprint density at radius 2 is 1.44 bits per heavy atom. The fourth-order valence-electron chi connectivity index (χ4n) is 3.09. The highest BCUT2D eigenvalue weighted by Crippen LogP contribution is 2.55. The average Bonchev–Trinajstić information content (AvgIpc) is 3.19. The van der Waals surface area contributed by atoms with Crippen LogP contribution in [0.1, 0.15) is 15.9 Å². The minimum absolute atomic E-state index is 0.0315. The van der Waals surface area contributed by atoms with Crippen molar-refractivity contribution in [2.45, 2.75) is 24.4 Å². The van der Waals surface area contributed by atoms with Gasteiger partial charge in [0, 0.05) is 22.9 Å². The molecular weight excluding hydrogens is 561 g/mol. The van der Waals surface area contributed by atoms with E-state index in [9.17, 15) is 48.7 Å². The van der Waals surface area contributed by atoms with Gasteiger partial charge in [-0.05, 0) is 29.8 Å². The van der Waals surface area contributed by atoms with Crippen LogP contribution in [0.4, 0.5) is 43.9 Å². The SMILES string of the molecule is O=Cc1cc(-c2cnn(-c3c(Cl)cc(C(F)(C(F)(F)F)C(F)(F)F)cc3OC(F)(F)F)c2)ccc1Cl. The number of carbonyl (C=O) groups is 1. The molecular formula is C20H8Cl2F10N2O2. The lowest BCUT2D eigenvalue weighted by molar-refractivity contribution is -0.348. The van der Waals surface area contributed by atoms with Gasteiger partial charge in [0.1, 0.15) is 5.69 Å². The van der Waals surface area contributed by atoms with E-state index in [1.807, 2.05) is 0 Å². The molecule has 0 atom stereocenters. The highest BCUT2D eigenvalue weighted by molar-refractivity contribution is 6.33. The number of aldehydes is 1. The van der Waals surface area contributed by atoms with Gasteiger partial charge in [-0.15, -0.1) is 13.2 Å². The zero-order valence-corrected chi connectivity index (χ0v) is 18.4. The van der Waals surface area contributed by atoms with E-state index in [2.05, 4.69) is 9.84 Å². The van der Waals surface area contributed by atoms with Crippen LogP contribution in [-0.2, 0) is 5.67 Å². The monoisotopic (exact) mass is 568 g/mol. The van der Waals surface area contributed by atoms with Crippen molar-refractivity contribution in [1.82, 2.24) is 9.78 Å². The van der Waals surface area contributed by atoms with Crippen LogP contribution in [0.25, 0.3) is 16.8 Å².